The fourth-order valence-corrected chi connectivity index (χ4v) is 2.04. The molecule has 0 saturated carbocycles. The molecule has 19 heavy (non-hydrogen) atoms. The fourth-order valence-electron chi connectivity index (χ4n) is 1.30. The first-order valence-corrected chi connectivity index (χ1v) is 6.43. The molecule has 0 aliphatic heterocycles. The number of hydrogen-bond donors (Lipinski definition) is 3. The number of aliphatic hydroxyl groups excluding tert-OH is 2. The Labute approximate surface area is 112 Å². The van der Waals surface area contributed by atoms with Crippen LogP contribution < -0.4 is 5.32 Å². The van der Waals surface area contributed by atoms with E-state index in [0.29, 0.717) is 5.13 Å². The van der Waals surface area contributed by atoms with E-state index in [0.717, 1.165) is 0 Å². The third-order valence-corrected chi connectivity index (χ3v) is 3.29. The standard InChI is InChI=1S/C10H13N5O3S/c16-2-7(3-17)1-11-9(18)8-4-19-10(14-8)15-5-12-13-6-15/h4-7,16-17H,1-3H2,(H,11,18). The quantitative estimate of drug-likeness (QED) is 0.630. The number of aliphatic hydroxyl groups is 2. The molecule has 0 aliphatic rings. The van der Waals surface area contributed by atoms with Crippen molar-refractivity contribution in [1.82, 2.24) is 25.1 Å². The van der Waals surface area contributed by atoms with Crippen molar-refractivity contribution in [2.75, 3.05) is 19.8 Å². The van der Waals surface area contributed by atoms with Gasteiger partial charge in [0, 0.05) is 31.1 Å². The van der Waals surface area contributed by atoms with Crippen molar-refractivity contribution >= 4 is 17.2 Å². The van der Waals surface area contributed by atoms with E-state index in [9.17, 15) is 4.79 Å². The third-order valence-electron chi connectivity index (χ3n) is 2.43. The highest BCUT2D eigenvalue weighted by molar-refractivity contribution is 7.12. The van der Waals surface area contributed by atoms with Gasteiger partial charge in [0.1, 0.15) is 18.3 Å². The lowest BCUT2D eigenvalue weighted by Gasteiger charge is -2.10. The Morgan fingerprint density at radius 2 is 2.05 bits per heavy atom. The Bertz CT molecular complexity index is 523. The number of thiazole rings is 1. The summed E-state index contributed by atoms with van der Waals surface area (Å²) in [6, 6.07) is 0. The normalized spacial score (nSPS) is 10.9. The number of carbonyl (C=O) groups excluding carboxylic acids is 1. The van der Waals surface area contributed by atoms with Gasteiger partial charge in [0.25, 0.3) is 5.91 Å². The second kappa shape index (κ2) is 6.36. The van der Waals surface area contributed by atoms with E-state index in [2.05, 4.69) is 20.5 Å². The lowest BCUT2D eigenvalue weighted by atomic mass is 10.2. The van der Waals surface area contributed by atoms with Crippen molar-refractivity contribution in [1.29, 1.82) is 0 Å². The molecule has 102 valence electrons. The number of carbonyl (C=O) groups is 1. The summed E-state index contributed by atoms with van der Waals surface area (Å²) in [6.45, 7) is -0.162. The van der Waals surface area contributed by atoms with Gasteiger partial charge in [-0.15, -0.1) is 21.5 Å². The molecular formula is C10H13N5O3S. The van der Waals surface area contributed by atoms with E-state index in [1.807, 2.05) is 0 Å². The van der Waals surface area contributed by atoms with Gasteiger partial charge < -0.3 is 15.5 Å². The van der Waals surface area contributed by atoms with Gasteiger partial charge in [-0.05, 0) is 0 Å². The minimum Gasteiger partial charge on any atom is -0.396 e. The van der Waals surface area contributed by atoms with Crippen LogP contribution in [0.2, 0.25) is 0 Å². The van der Waals surface area contributed by atoms with E-state index in [4.69, 9.17) is 10.2 Å². The molecule has 2 aromatic rings. The Kier molecular flexibility index (Phi) is 4.55. The maximum atomic E-state index is 11.8. The Balaban J connectivity index is 1.97. The molecule has 0 atom stereocenters. The van der Waals surface area contributed by atoms with Gasteiger partial charge in [0.15, 0.2) is 5.13 Å². The van der Waals surface area contributed by atoms with E-state index < -0.39 is 0 Å². The zero-order chi connectivity index (χ0) is 13.7. The van der Waals surface area contributed by atoms with Crippen LogP contribution in [0.5, 0.6) is 0 Å². The molecule has 2 heterocycles. The van der Waals surface area contributed by atoms with Crippen molar-refractivity contribution in [3.05, 3.63) is 23.7 Å². The number of amides is 1. The van der Waals surface area contributed by atoms with Crippen LogP contribution in [-0.4, -0.2) is 55.6 Å². The van der Waals surface area contributed by atoms with Crippen LogP contribution in [0.1, 0.15) is 10.5 Å². The average molecular weight is 283 g/mol. The van der Waals surface area contributed by atoms with Gasteiger partial charge in [-0.3, -0.25) is 9.36 Å². The molecule has 3 N–H and O–H groups in total. The summed E-state index contributed by atoms with van der Waals surface area (Å²) in [4.78, 5) is 15.9. The zero-order valence-corrected chi connectivity index (χ0v) is 10.7. The van der Waals surface area contributed by atoms with Crippen molar-refractivity contribution in [2.24, 2.45) is 5.92 Å². The van der Waals surface area contributed by atoms with Crippen molar-refractivity contribution in [3.8, 4) is 5.13 Å². The summed E-state index contributed by atoms with van der Waals surface area (Å²) in [5, 5.41) is 29.9. The molecule has 9 heteroatoms. The first-order valence-electron chi connectivity index (χ1n) is 5.55. The molecule has 1 amide bonds. The van der Waals surface area contributed by atoms with Crippen molar-refractivity contribution < 1.29 is 15.0 Å². The van der Waals surface area contributed by atoms with E-state index in [-0.39, 0.29) is 37.3 Å². The lowest BCUT2D eigenvalue weighted by molar-refractivity contribution is 0.0917. The molecule has 0 fully saturated rings. The molecule has 0 bridgehead atoms. The Morgan fingerprint density at radius 3 is 2.68 bits per heavy atom. The first-order chi connectivity index (χ1) is 9.24. The van der Waals surface area contributed by atoms with Crippen LogP contribution >= 0.6 is 11.3 Å². The Morgan fingerprint density at radius 1 is 1.37 bits per heavy atom. The van der Waals surface area contributed by atoms with Crippen molar-refractivity contribution in [2.45, 2.75) is 0 Å². The van der Waals surface area contributed by atoms with Gasteiger partial charge in [-0.2, -0.15) is 0 Å². The molecule has 8 nitrogen and oxygen atoms in total. The van der Waals surface area contributed by atoms with E-state index in [1.54, 1.807) is 9.95 Å². The smallest absolute Gasteiger partial charge is 0.270 e. The lowest BCUT2D eigenvalue weighted by Crippen LogP contribution is -2.32. The van der Waals surface area contributed by atoms with E-state index >= 15 is 0 Å². The van der Waals surface area contributed by atoms with Crippen LogP contribution in [0.3, 0.4) is 0 Å². The highest BCUT2D eigenvalue weighted by atomic mass is 32.1. The van der Waals surface area contributed by atoms with Gasteiger partial charge in [0.05, 0.1) is 0 Å². The number of nitrogens with one attached hydrogen (secondary N) is 1. The fraction of sp³-hybridized carbons (Fsp3) is 0.400. The predicted molar refractivity (Wildman–Crippen MR) is 67.0 cm³/mol. The van der Waals surface area contributed by atoms with Crippen LogP contribution in [0.15, 0.2) is 18.0 Å². The maximum absolute atomic E-state index is 11.8. The van der Waals surface area contributed by atoms with E-state index in [1.165, 1.54) is 24.0 Å². The molecule has 0 saturated heterocycles. The van der Waals surface area contributed by atoms with Crippen molar-refractivity contribution in [3.63, 3.8) is 0 Å². The minimum absolute atomic E-state index is 0.181. The number of hydrogen-bond acceptors (Lipinski definition) is 7. The predicted octanol–water partition coefficient (Wildman–Crippen LogP) is -0.946. The number of nitrogens with zero attached hydrogens (tertiary/aromatic N) is 4. The van der Waals surface area contributed by atoms with Gasteiger partial charge in [-0.25, -0.2) is 4.98 Å². The first kappa shape index (κ1) is 13.6. The van der Waals surface area contributed by atoms with Crippen LogP contribution in [0.25, 0.3) is 5.13 Å². The minimum atomic E-state index is -0.361. The van der Waals surface area contributed by atoms with Crippen LogP contribution in [-0.2, 0) is 0 Å². The highest BCUT2D eigenvalue weighted by Gasteiger charge is 2.13. The largest absolute Gasteiger partial charge is 0.396 e. The molecule has 0 aromatic carbocycles. The van der Waals surface area contributed by atoms with Crippen LogP contribution in [0, 0.1) is 5.92 Å². The second-order valence-corrected chi connectivity index (χ2v) is 4.66. The summed E-state index contributed by atoms with van der Waals surface area (Å²) < 4.78 is 1.60. The third kappa shape index (κ3) is 3.34. The van der Waals surface area contributed by atoms with Gasteiger partial charge >= 0.3 is 0 Å². The zero-order valence-electron chi connectivity index (χ0n) is 9.93. The Hall–Kier alpha value is -1.84. The summed E-state index contributed by atoms with van der Waals surface area (Å²) in [5.74, 6) is -0.706. The summed E-state index contributed by atoms with van der Waals surface area (Å²) >= 11 is 1.29. The maximum Gasteiger partial charge on any atom is 0.270 e. The topological polar surface area (TPSA) is 113 Å². The SMILES string of the molecule is O=C(NCC(CO)CO)c1csc(-n2cnnc2)n1. The summed E-state index contributed by atoms with van der Waals surface area (Å²) in [7, 11) is 0. The molecule has 0 radical (unpaired) electrons. The molecule has 2 rings (SSSR count). The molecule has 0 unspecified atom stereocenters. The number of rotatable bonds is 6. The highest BCUT2D eigenvalue weighted by Crippen LogP contribution is 2.13. The van der Waals surface area contributed by atoms with Gasteiger partial charge in [-0.1, -0.05) is 0 Å². The number of aromatic nitrogens is 4. The summed E-state index contributed by atoms with van der Waals surface area (Å²) in [5.41, 5.74) is 0.281. The molecule has 2 aromatic heterocycles. The van der Waals surface area contributed by atoms with Gasteiger partial charge in [0.2, 0.25) is 0 Å². The average Bonchev–Trinajstić information content (AvgIpc) is 3.10. The molecule has 0 spiro atoms. The van der Waals surface area contributed by atoms with Crippen LogP contribution in [0.4, 0.5) is 0 Å². The molecular weight excluding hydrogens is 270 g/mol. The monoisotopic (exact) mass is 283 g/mol. The summed E-state index contributed by atoms with van der Waals surface area (Å²) in [6.07, 6.45) is 2.99. The second-order valence-electron chi connectivity index (χ2n) is 3.83. The molecule has 0 aliphatic carbocycles.